The van der Waals surface area contributed by atoms with Crippen molar-refractivity contribution in [3.63, 3.8) is 0 Å². The number of benzene rings is 1. The summed E-state index contributed by atoms with van der Waals surface area (Å²) >= 11 is 5.72. The molecule has 1 nitrogen and oxygen atoms in total. The third-order valence-electron chi connectivity index (χ3n) is 2.91. The van der Waals surface area contributed by atoms with E-state index in [4.69, 9.17) is 11.6 Å². The van der Waals surface area contributed by atoms with Crippen molar-refractivity contribution in [2.75, 3.05) is 6.61 Å². The normalized spacial score (nSPS) is 13.9. The molecule has 1 N–H and O–H groups in total. The Hall–Kier alpha value is -0.600. The van der Waals surface area contributed by atoms with Gasteiger partial charge in [-0.1, -0.05) is 38.4 Å². The highest BCUT2D eigenvalue weighted by molar-refractivity contribution is 6.30. The van der Waals surface area contributed by atoms with Crippen LogP contribution in [0.2, 0.25) is 5.02 Å². The molecule has 0 amide bonds. The Balaban J connectivity index is 2.83. The van der Waals surface area contributed by atoms with Gasteiger partial charge in [0.25, 0.3) is 0 Å². The summed E-state index contributed by atoms with van der Waals surface area (Å²) in [5, 5.41) is 9.48. The summed E-state index contributed by atoms with van der Waals surface area (Å²) in [5.41, 5.74) is 0.982. The maximum Gasteiger partial charge on any atom is 0.141 e. The second-order valence-electron chi connectivity index (χ2n) is 5.20. The van der Waals surface area contributed by atoms with E-state index in [1.807, 2.05) is 0 Å². The average Bonchev–Trinajstić information content (AvgIpc) is 2.18. The minimum Gasteiger partial charge on any atom is -0.396 e. The first kappa shape index (κ1) is 13.5. The minimum atomic E-state index is -0.401. The topological polar surface area (TPSA) is 20.2 Å². The number of rotatable bonds is 3. The largest absolute Gasteiger partial charge is 0.396 e. The first-order chi connectivity index (χ1) is 7.34. The van der Waals surface area contributed by atoms with E-state index in [1.54, 1.807) is 12.1 Å². The molecule has 0 spiro atoms. The lowest BCUT2D eigenvalue weighted by atomic mass is 9.78. The monoisotopic (exact) mass is 244 g/mol. The number of halogens is 2. The van der Waals surface area contributed by atoms with Gasteiger partial charge in [-0.3, -0.25) is 0 Å². The zero-order valence-corrected chi connectivity index (χ0v) is 10.7. The SMILES string of the molecule is CC(C)(C)C(CO)Cc1ccc(F)c(Cl)c1. The highest BCUT2D eigenvalue weighted by Gasteiger charge is 2.24. The second kappa shape index (κ2) is 5.15. The fourth-order valence-electron chi connectivity index (χ4n) is 1.60. The third-order valence-corrected chi connectivity index (χ3v) is 3.20. The van der Waals surface area contributed by atoms with Crippen LogP contribution in [0.5, 0.6) is 0 Å². The van der Waals surface area contributed by atoms with Crippen LogP contribution in [0.3, 0.4) is 0 Å². The molecule has 0 fully saturated rings. The van der Waals surface area contributed by atoms with Crippen molar-refractivity contribution in [2.24, 2.45) is 11.3 Å². The van der Waals surface area contributed by atoms with Gasteiger partial charge in [0.2, 0.25) is 0 Å². The molecule has 16 heavy (non-hydrogen) atoms. The van der Waals surface area contributed by atoms with Crippen molar-refractivity contribution >= 4 is 11.6 Å². The number of hydrogen-bond donors (Lipinski definition) is 1. The predicted molar refractivity (Wildman–Crippen MR) is 65.1 cm³/mol. The van der Waals surface area contributed by atoms with Gasteiger partial charge in [0.1, 0.15) is 5.82 Å². The van der Waals surface area contributed by atoms with Crippen molar-refractivity contribution in [3.8, 4) is 0 Å². The number of aliphatic hydroxyl groups excluding tert-OH is 1. The molecule has 1 unspecified atom stereocenters. The van der Waals surface area contributed by atoms with Gasteiger partial charge in [0.05, 0.1) is 5.02 Å². The van der Waals surface area contributed by atoms with E-state index in [9.17, 15) is 9.50 Å². The molecular formula is C13H18ClFO. The van der Waals surface area contributed by atoms with Crippen LogP contribution in [0.15, 0.2) is 18.2 Å². The zero-order valence-electron chi connectivity index (χ0n) is 9.93. The summed E-state index contributed by atoms with van der Waals surface area (Å²) in [4.78, 5) is 0. The predicted octanol–water partition coefficient (Wildman–Crippen LogP) is 3.68. The molecule has 0 radical (unpaired) electrons. The summed E-state index contributed by atoms with van der Waals surface area (Å²) in [6.07, 6.45) is 0.708. The molecule has 0 heterocycles. The van der Waals surface area contributed by atoms with Crippen LogP contribution in [0.4, 0.5) is 4.39 Å². The summed E-state index contributed by atoms with van der Waals surface area (Å²) in [7, 11) is 0. The highest BCUT2D eigenvalue weighted by atomic mass is 35.5. The first-order valence-corrected chi connectivity index (χ1v) is 5.77. The summed E-state index contributed by atoms with van der Waals surface area (Å²) < 4.78 is 13.0. The molecule has 3 heteroatoms. The molecule has 1 rings (SSSR count). The Morgan fingerprint density at radius 1 is 1.38 bits per heavy atom. The molecule has 1 aromatic carbocycles. The molecule has 0 aliphatic rings. The van der Waals surface area contributed by atoms with Gasteiger partial charge >= 0.3 is 0 Å². The van der Waals surface area contributed by atoms with Crippen LogP contribution in [0, 0.1) is 17.2 Å². The number of hydrogen-bond acceptors (Lipinski definition) is 1. The lowest BCUT2D eigenvalue weighted by Crippen LogP contribution is -2.26. The summed E-state index contributed by atoms with van der Waals surface area (Å²) in [5.74, 6) is -0.254. The molecule has 1 aromatic rings. The van der Waals surface area contributed by atoms with Crippen molar-refractivity contribution < 1.29 is 9.50 Å². The standard InChI is InChI=1S/C13H18ClFO/c1-13(2,3)10(8-16)6-9-4-5-12(15)11(14)7-9/h4-5,7,10,16H,6,8H2,1-3H3. The van der Waals surface area contributed by atoms with Gasteiger partial charge in [-0.25, -0.2) is 4.39 Å². The Bertz CT molecular complexity index is 357. The highest BCUT2D eigenvalue weighted by Crippen LogP contribution is 2.29. The molecule has 0 aliphatic heterocycles. The molecular weight excluding hydrogens is 227 g/mol. The fraction of sp³-hybridized carbons (Fsp3) is 0.538. The van der Waals surface area contributed by atoms with E-state index in [2.05, 4.69) is 20.8 Å². The van der Waals surface area contributed by atoms with Crippen LogP contribution in [-0.2, 0) is 6.42 Å². The van der Waals surface area contributed by atoms with Crippen molar-refractivity contribution in [2.45, 2.75) is 27.2 Å². The number of aliphatic hydroxyl groups is 1. The van der Waals surface area contributed by atoms with Crippen molar-refractivity contribution in [1.82, 2.24) is 0 Å². The van der Waals surface area contributed by atoms with Gasteiger partial charge in [-0.2, -0.15) is 0 Å². The smallest absolute Gasteiger partial charge is 0.141 e. The average molecular weight is 245 g/mol. The summed E-state index contributed by atoms with van der Waals surface area (Å²) in [6, 6.07) is 4.72. The van der Waals surface area contributed by atoms with E-state index >= 15 is 0 Å². The van der Waals surface area contributed by atoms with Gasteiger partial charge in [-0.05, 0) is 35.4 Å². The van der Waals surface area contributed by atoms with Crippen LogP contribution in [-0.4, -0.2) is 11.7 Å². The molecule has 0 saturated heterocycles. The van der Waals surface area contributed by atoms with E-state index in [0.29, 0.717) is 6.42 Å². The lowest BCUT2D eigenvalue weighted by molar-refractivity contribution is 0.131. The van der Waals surface area contributed by atoms with E-state index in [-0.39, 0.29) is 23.0 Å². The zero-order chi connectivity index (χ0) is 12.3. The fourth-order valence-corrected chi connectivity index (χ4v) is 1.80. The molecule has 0 bridgehead atoms. The van der Waals surface area contributed by atoms with Crippen LogP contribution in [0.25, 0.3) is 0 Å². The maximum absolute atomic E-state index is 13.0. The van der Waals surface area contributed by atoms with E-state index in [0.717, 1.165) is 5.56 Å². The minimum absolute atomic E-state index is 0.0234. The van der Waals surface area contributed by atoms with Gasteiger partial charge in [-0.15, -0.1) is 0 Å². The van der Waals surface area contributed by atoms with E-state index in [1.165, 1.54) is 6.07 Å². The third kappa shape index (κ3) is 3.46. The first-order valence-electron chi connectivity index (χ1n) is 5.39. The van der Waals surface area contributed by atoms with Crippen LogP contribution < -0.4 is 0 Å². The van der Waals surface area contributed by atoms with Crippen LogP contribution in [0.1, 0.15) is 26.3 Å². The van der Waals surface area contributed by atoms with Crippen molar-refractivity contribution in [1.29, 1.82) is 0 Å². The van der Waals surface area contributed by atoms with Gasteiger partial charge in [0, 0.05) is 6.61 Å². The second-order valence-corrected chi connectivity index (χ2v) is 5.61. The van der Waals surface area contributed by atoms with Crippen LogP contribution >= 0.6 is 11.6 Å². The Morgan fingerprint density at radius 2 is 2.00 bits per heavy atom. The molecule has 0 aromatic heterocycles. The Kier molecular flexibility index (Phi) is 4.34. The quantitative estimate of drug-likeness (QED) is 0.860. The molecule has 0 saturated carbocycles. The molecule has 90 valence electrons. The Labute approximate surface area is 101 Å². The van der Waals surface area contributed by atoms with Crippen molar-refractivity contribution in [3.05, 3.63) is 34.6 Å². The maximum atomic E-state index is 13.0. The Morgan fingerprint density at radius 3 is 2.44 bits per heavy atom. The lowest BCUT2D eigenvalue weighted by Gasteiger charge is -2.29. The van der Waals surface area contributed by atoms with E-state index < -0.39 is 5.82 Å². The summed E-state index contributed by atoms with van der Waals surface area (Å²) in [6.45, 7) is 6.37. The van der Waals surface area contributed by atoms with Gasteiger partial charge in [0.15, 0.2) is 0 Å². The molecule has 0 aliphatic carbocycles. The van der Waals surface area contributed by atoms with Gasteiger partial charge < -0.3 is 5.11 Å². The molecule has 1 atom stereocenters.